The Morgan fingerprint density at radius 2 is 2.10 bits per heavy atom. The van der Waals surface area contributed by atoms with Gasteiger partial charge in [-0.05, 0) is 19.1 Å². The van der Waals surface area contributed by atoms with Gasteiger partial charge in [0.2, 0.25) is 0 Å². The Labute approximate surface area is 115 Å². The predicted molar refractivity (Wildman–Crippen MR) is 69.9 cm³/mol. The number of carboxylic acid groups (broad SMARTS) is 1. The van der Waals surface area contributed by atoms with Crippen LogP contribution in [0.1, 0.15) is 16.3 Å². The second kappa shape index (κ2) is 4.93. The van der Waals surface area contributed by atoms with Crippen molar-refractivity contribution in [2.45, 2.75) is 11.9 Å². The molecule has 0 aliphatic rings. The molecule has 0 atom stereocenters. The van der Waals surface area contributed by atoms with Crippen molar-refractivity contribution in [2.75, 3.05) is 4.72 Å². The van der Waals surface area contributed by atoms with Gasteiger partial charge in [-0.15, -0.1) is 0 Å². The number of aryl methyl sites for hydroxylation is 2. The van der Waals surface area contributed by atoms with Crippen LogP contribution in [0.4, 0.5) is 5.69 Å². The lowest BCUT2D eigenvalue weighted by Gasteiger charge is -2.05. The van der Waals surface area contributed by atoms with Crippen LogP contribution in [0.25, 0.3) is 0 Å². The van der Waals surface area contributed by atoms with Crippen molar-refractivity contribution in [3.8, 4) is 0 Å². The Bertz CT molecular complexity index is 730. The summed E-state index contributed by atoms with van der Waals surface area (Å²) in [6.07, 6.45) is 2.52. The van der Waals surface area contributed by atoms with Gasteiger partial charge in [0.25, 0.3) is 10.0 Å². The van der Waals surface area contributed by atoms with Gasteiger partial charge < -0.3 is 9.67 Å². The van der Waals surface area contributed by atoms with Gasteiger partial charge in [0.15, 0.2) is 5.03 Å². The average molecular weight is 296 g/mol. The number of imidazole rings is 1. The molecule has 0 spiro atoms. The highest BCUT2D eigenvalue weighted by atomic mass is 32.2. The van der Waals surface area contributed by atoms with E-state index in [1.165, 1.54) is 18.3 Å². The summed E-state index contributed by atoms with van der Waals surface area (Å²) in [7, 11) is -2.13. The second-order valence-electron chi connectivity index (χ2n) is 4.08. The van der Waals surface area contributed by atoms with Crippen molar-refractivity contribution in [1.29, 1.82) is 0 Å². The maximum Gasteiger partial charge on any atom is 0.354 e. The molecule has 8 nitrogen and oxygen atoms in total. The van der Waals surface area contributed by atoms with Crippen LogP contribution in [0.5, 0.6) is 0 Å². The van der Waals surface area contributed by atoms with E-state index in [4.69, 9.17) is 5.11 Å². The first-order chi connectivity index (χ1) is 9.29. The van der Waals surface area contributed by atoms with Gasteiger partial charge in [-0.2, -0.15) is 8.42 Å². The van der Waals surface area contributed by atoms with Crippen molar-refractivity contribution in [3.05, 3.63) is 36.0 Å². The number of carbonyl (C=O) groups is 1. The molecule has 20 heavy (non-hydrogen) atoms. The first-order valence-corrected chi connectivity index (χ1v) is 7.00. The molecule has 106 valence electrons. The van der Waals surface area contributed by atoms with E-state index in [1.54, 1.807) is 18.5 Å². The topological polar surface area (TPSA) is 114 Å². The third-order valence-corrected chi connectivity index (χ3v) is 3.85. The zero-order chi connectivity index (χ0) is 14.9. The molecule has 0 saturated heterocycles. The van der Waals surface area contributed by atoms with E-state index in [9.17, 15) is 13.2 Å². The number of hydrogen-bond acceptors (Lipinski definition) is 5. The largest absolute Gasteiger partial charge is 0.477 e. The summed E-state index contributed by atoms with van der Waals surface area (Å²) in [6, 6.07) is 2.54. The summed E-state index contributed by atoms with van der Waals surface area (Å²) in [4.78, 5) is 18.2. The highest BCUT2D eigenvalue weighted by molar-refractivity contribution is 7.92. The molecule has 9 heteroatoms. The third-order valence-electron chi connectivity index (χ3n) is 2.60. The van der Waals surface area contributed by atoms with Crippen LogP contribution in [-0.4, -0.2) is 34.0 Å². The standard InChI is InChI=1S/C11H12N4O4S/c1-7-13-10(6-15(7)2)20(18,19)14-8-3-4-9(11(16)17)12-5-8/h3-6,14H,1-2H3,(H,16,17). The molecule has 0 bridgehead atoms. The van der Waals surface area contributed by atoms with Crippen LogP contribution < -0.4 is 4.72 Å². The Morgan fingerprint density at radius 1 is 1.40 bits per heavy atom. The number of nitrogens with one attached hydrogen (secondary N) is 1. The van der Waals surface area contributed by atoms with Crippen molar-refractivity contribution in [3.63, 3.8) is 0 Å². The number of carboxylic acids is 1. The number of sulfonamides is 1. The zero-order valence-electron chi connectivity index (χ0n) is 10.7. The molecular weight excluding hydrogens is 284 g/mol. The van der Waals surface area contributed by atoms with Crippen molar-refractivity contribution < 1.29 is 18.3 Å². The molecule has 0 aromatic carbocycles. The van der Waals surface area contributed by atoms with E-state index in [2.05, 4.69) is 14.7 Å². The van der Waals surface area contributed by atoms with Crippen LogP contribution in [-0.2, 0) is 17.1 Å². The van der Waals surface area contributed by atoms with Crippen LogP contribution in [0, 0.1) is 6.92 Å². The molecule has 0 radical (unpaired) electrons. The Hall–Kier alpha value is -2.42. The Morgan fingerprint density at radius 3 is 2.55 bits per heavy atom. The first-order valence-electron chi connectivity index (χ1n) is 5.52. The van der Waals surface area contributed by atoms with Crippen LogP contribution >= 0.6 is 0 Å². The predicted octanol–water partition coefficient (Wildman–Crippen LogP) is 0.623. The molecule has 2 N–H and O–H groups in total. The fraction of sp³-hybridized carbons (Fsp3) is 0.182. The van der Waals surface area contributed by atoms with E-state index in [1.807, 2.05) is 0 Å². The zero-order valence-corrected chi connectivity index (χ0v) is 11.5. The molecule has 2 aromatic heterocycles. The summed E-state index contributed by atoms with van der Waals surface area (Å²) in [5.74, 6) is -0.621. The van der Waals surface area contributed by atoms with E-state index in [0.29, 0.717) is 5.82 Å². The number of aromatic nitrogens is 3. The van der Waals surface area contributed by atoms with Crippen LogP contribution in [0.3, 0.4) is 0 Å². The number of anilines is 1. The van der Waals surface area contributed by atoms with Gasteiger partial charge in [-0.1, -0.05) is 0 Å². The van der Waals surface area contributed by atoms with Crippen LogP contribution in [0.15, 0.2) is 29.6 Å². The number of aromatic carboxylic acids is 1. The maximum atomic E-state index is 12.1. The van der Waals surface area contributed by atoms with Crippen molar-refractivity contribution in [1.82, 2.24) is 14.5 Å². The minimum atomic E-state index is -3.82. The fourth-order valence-electron chi connectivity index (χ4n) is 1.44. The molecule has 0 aliphatic carbocycles. The summed E-state index contributed by atoms with van der Waals surface area (Å²) in [5, 5.41) is 8.59. The minimum Gasteiger partial charge on any atom is -0.477 e. The lowest BCUT2D eigenvalue weighted by Crippen LogP contribution is -2.14. The second-order valence-corrected chi connectivity index (χ2v) is 5.71. The average Bonchev–Trinajstić information content (AvgIpc) is 2.71. The van der Waals surface area contributed by atoms with E-state index < -0.39 is 16.0 Å². The highest BCUT2D eigenvalue weighted by Gasteiger charge is 2.18. The van der Waals surface area contributed by atoms with Gasteiger partial charge in [-0.3, -0.25) is 4.72 Å². The quantitative estimate of drug-likeness (QED) is 0.855. The lowest BCUT2D eigenvalue weighted by atomic mass is 10.3. The van der Waals surface area contributed by atoms with Gasteiger partial charge >= 0.3 is 5.97 Å². The van der Waals surface area contributed by atoms with E-state index in [0.717, 1.165) is 6.20 Å². The number of hydrogen-bond donors (Lipinski definition) is 2. The van der Waals surface area contributed by atoms with Gasteiger partial charge in [0, 0.05) is 13.2 Å². The minimum absolute atomic E-state index is 0.111. The number of rotatable bonds is 4. The lowest BCUT2D eigenvalue weighted by molar-refractivity contribution is 0.0690. The third kappa shape index (κ3) is 2.77. The SMILES string of the molecule is Cc1nc(S(=O)(=O)Nc2ccc(C(=O)O)nc2)cn1C. The molecule has 0 amide bonds. The molecule has 2 rings (SSSR count). The van der Waals surface area contributed by atoms with E-state index >= 15 is 0 Å². The van der Waals surface area contributed by atoms with Crippen molar-refractivity contribution in [2.24, 2.45) is 7.05 Å². The maximum absolute atomic E-state index is 12.1. The smallest absolute Gasteiger partial charge is 0.354 e. The summed E-state index contributed by atoms with van der Waals surface area (Å²) in [6.45, 7) is 1.68. The number of nitrogens with zero attached hydrogens (tertiary/aromatic N) is 3. The van der Waals surface area contributed by atoms with Gasteiger partial charge in [0.05, 0.1) is 11.9 Å². The van der Waals surface area contributed by atoms with Gasteiger partial charge in [-0.25, -0.2) is 14.8 Å². The summed E-state index contributed by atoms with van der Waals surface area (Å²) < 4.78 is 28.0. The Kier molecular flexibility index (Phi) is 3.45. The monoisotopic (exact) mass is 296 g/mol. The van der Waals surface area contributed by atoms with E-state index in [-0.39, 0.29) is 16.4 Å². The highest BCUT2D eigenvalue weighted by Crippen LogP contribution is 2.14. The number of pyridine rings is 1. The Balaban J connectivity index is 2.26. The molecule has 0 aliphatic heterocycles. The summed E-state index contributed by atoms with van der Waals surface area (Å²) in [5.41, 5.74) is -0.0000605. The molecule has 0 saturated carbocycles. The molecule has 0 fully saturated rings. The molecule has 2 heterocycles. The van der Waals surface area contributed by atoms with Crippen LogP contribution in [0.2, 0.25) is 0 Å². The molecule has 2 aromatic rings. The summed E-state index contributed by atoms with van der Waals surface area (Å²) >= 11 is 0. The van der Waals surface area contributed by atoms with Gasteiger partial charge in [0.1, 0.15) is 11.5 Å². The van der Waals surface area contributed by atoms with Crippen molar-refractivity contribution >= 4 is 21.7 Å². The first kappa shape index (κ1) is 14.0. The normalized spacial score (nSPS) is 11.3. The molecular formula is C11H12N4O4S. The molecule has 0 unspecified atom stereocenters. The fourth-order valence-corrected chi connectivity index (χ4v) is 2.53.